The van der Waals surface area contributed by atoms with Gasteiger partial charge in [0.05, 0.1) is 18.7 Å². The Labute approximate surface area is 166 Å². The first-order valence-electron chi connectivity index (χ1n) is 9.54. The number of fused-ring (bicyclic) bond motifs is 1. The first-order chi connectivity index (χ1) is 13.8. The summed E-state index contributed by atoms with van der Waals surface area (Å²) in [6, 6.07) is 3.65. The highest BCUT2D eigenvalue weighted by atomic mass is 32.1. The molecule has 3 aromatic rings. The van der Waals surface area contributed by atoms with Crippen molar-refractivity contribution in [3.63, 3.8) is 0 Å². The highest BCUT2D eigenvalue weighted by Gasteiger charge is 2.32. The van der Waals surface area contributed by atoms with E-state index in [1.807, 2.05) is 22.4 Å². The van der Waals surface area contributed by atoms with Crippen molar-refractivity contribution in [2.45, 2.75) is 31.8 Å². The summed E-state index contributed by atoms with van der Waals surface area (Å²) >= 11 is 1.72. The predicted molar refractivity (Wildman–Crippen MR) is 103 cm³/mol. The molecular formula is C20H20N4O3S. The molecule has 1 atom stereocenters. The number of carbonyl (C=O) groups excluding carboxylic acids is 1. The smallest absolute Gasteiger partial charge is 0.257 e. The molecule has 7 nitrogen and oxygen atoms in total. The van der Waals surface area contributed by atoms with Crippen molar-refractivity contribution in [3.05, 3.63) is 51.8 Å². The van der Waals surface area contributed by atoms with Gasteiger partial charge in [0, 0.05) is 34.8 Å². The van der Waals surface area contributed by atoms with Gasteiger partial charge in [-0.05, 0) is 43.4 Å². The van der Waals surface area contributed by atoms with Crippen LogP contribution in [0.3, 0.4) is 0 Å². The van der Waals surface area contributed by atoms with Crippen LogP contribution in [0, 0.1) is 0 Å². The van der Waals surface area contributed by atoms with E-state index in [0.29, 0.717) is 31.4 Å². The quantitative estimate of drug-likeness (QED) is 0.676. The molecule has 5 rings (SSSR count). The Hall–Kier alpha value is -2.58. The summed E-state index contributed by atoms with van der Waals surface area (Å²) in [5.41, 5.74) is 2.95. The summed E-state index contributed by atoms with van der Waals surface area (Å²) < 4.78 is 11.2. The Morgan fingerprint density at radius 1 is 1.21 bits per heavy atom. The van der Waals surface area contributed by atoms with E-state index in [2.05, 4.69) is 15.1 Å². The lowest BCUT2D eigenvalue weighted by atomic mass is 9.95. The summed E-state index contributed by atoms with van der Waals surface area (Å²) in [6.07, 6.45) is 7.45. The van der Waals surface area contributed by atoms with Gasteiger partial charge in [0.15, 0.2) is 6.10 Å². The molecule has 2 aliphatic rings. The first kappa shape index (κ1) is 17.5. The number of aryl methyl sites for hydroxylation is 1. The Kier molecular flexibility index (Phi) is 4.66. The van der Waals surface area contributed by atoms with E-state index in [1.165, 1.54) is 16.9 Å². The topological polar surface area (TPSA) is 81.4 Å². The second-order valence-corrected chi connectivity index (χ2v) is 8.03. The number of rotatable bonds is 3. The zero-order chi connectivity index (χ0) is 18.9. The highest BCUT2D eigenvalue weighted by molar-refractivity contribution is 7.10. The number of amides is 1. The summed E-state index contributed by atoms with van der Waals surface area (Å²) in [6.45, 7) is 1.45. The number of hydrogen-bond acceptors (Lipinski definition) is 7. The number of carbonyl (C=O) groups is 1. The Balaban J connectivity index is 1.33. The minimum Gasteiger partial charge on any atom is -0.365 e. The molecule has 1 fully saturated rings. The molecule has 8 heteroatoms. The Morgan fingerprint density at radius 2 is 2.07 bits per heavy atom. The van der Waals surface area contributed by atoms with Crippen LogP contribution in [-0.4, -0.2) is 45.6 Å². The summed E-state index contributed by atoms with van der Waals surface area (Å²) in [5, 5.41) is 6.07. The fourth-order valence-electron chi connectivity index (χ4n) is 3.81. The SMILES string of the molecule is O=C(c1csc2c1CCCC2)N1CCO[C@H](c2nc(-c3ccncc3)no2)C1. The summed E-state index contributed by atoms with van der Waals surface area (Å²) in [4.78, 5) is 24.8. The van der Waals surface area contributed by atoms with Gasteiger partial charge in [-0.25, -0.2) is 0 Å². The van der Waals surface area contributed by atoms with Crippen LogP contribution in [0.15, 0.2) is 34.4 Å². The van der Waals surface area contributed by atoms with Crippen molar-refractivity contribution < 1.29 is 14.1 Å². The number of nitrogens with zero attached hydrogens (tertiary/aromatic N) is 4. The third-order valence-electron chi connectivity index (χ3n) is 5.30. The molecule has 0 aromatic carbocycles. The Morgan fingerprint density at radius 3 is 2.96 bits per heavy atom. The number of hydrogen-bond donors (Lipinski definition) is 0. The fourth-order valence-corrected chi connectivity index (χ4v) is 4.93. The van der Waals surface area contributed by atoms with E-state index < -0.39 is 6.10 Å². The molecule has 0 N–H and O–H groups in total. The van der Waals surface area contributed by atoms with Gasteiger partial charge in [-0.2, -0.15) is 4.98 Å². The van der Waals surface area contributed by atoms with E-state index in [4.69, 9.17) is 9.26 Å². The van der Waals surface area contributed by atoms with E-state index in [1.54, 1.807) is 23.7 Å². The van der Waals surface area contributed by atoms with E-state index in [-0.39, 0.29) is 5.91 Å². The molecule has 0 spiro atoms. The molecule has 0 radical (unpaired) electrons. The lowest BCUT2D eigenvalue weighted by molar-refractivity contribution is -0.0367. The number of morpholine rings is 1. The van der Waals surface area contributed by atoms with Gasteiger partial charge in [-0.1, -0.05) is 5.16 Å². The van der Waals surface area contributed by atoms with Gasteiger partial charge < -0.3 is 14.2 Å². The van der Waals surface area contributed by atoms with Crippen LogP contribution in [0.2, 0.25) is 0 Å². The third kappa shape index (κ3) is 3.22. The summed E-state index contributed by atoms with van der Waals surface area (Å²) in [7, 11) is 0. The zero-order valence-corrected chi connectivity index (χ0v) is 16.2. The molecule has 1 saturated heterocycles. The Bertz CT molecular complexity index is 985. The van der Waals surface area contributed by atoms with E-state index in [0.717, 1.165) is 30.4 Å². The molecule has 1 aliphatic heterocycles. The first-order valence-corrected chi connectivity index (χ1v) is 10.4. The largest absolute Gasteiger partial charge is 0.365 e. The molecule has 0 saturated carbocycles. The monoisotopic (exact) mass is 396 g/mol. The molecule has 28 heavy (non-hydrogen) atoms. The maximum absolute atomic E-state index is 13.1. The fraction of sp³-hybridized carbons (Fsp3) is 0.400. The molecule has 0 bridgehead atoms. The van der Waals surface area contributed by atoms with Gasteiger partial charge in [0.1, 0.15) is 0 Å². The average molecular weight is 396 g/mol. The predicted octanol–water partition coefficient (Wildman–Crippen LogP) is 3.29. The van der Waals surface area contributed by atoms with Gasteiger partial charge in [0.2, 0.25) is 5.82 Å². The summed E-state index contributed by atoms with van der Waals surface area (Å²) in [5.74, 6) is 0.981. The van der Waals surface area contributed by atoms with Gasteiger partial charge in [-0.15, -0.1) is 11.3 Å². The molecule has 144 valence electrons. The second kappa shape index (κ2) is 7.44. The van der Waals surface area contributed by atoms with Crippen LogP contribution in [0.1, 0.15) is 45.6 Å². The molecular weight excluding hydrogens is 376 g/mol. The molecule has 3 aromatic heterocycles. The maximum Gasteiger partial charge on any atom is 0.257 e. The van der Waals surface area contributed by atoms with Crippen LogP contribution in [0.5, 0.6) is 0 Å². The van der Waals surface area contributed by atoms with Crippen molar-refractivity contribution in [1.29, 1.82) is 0 Å². The highest BCUT2D eigenvalue weighted by Crippen LogP contribution is 2.32. The van der Waals surface area contributed by atoms with Crippen LogP contribution in [0.4, 0.5) is 0 Å². The molecule has 4 heterocycles. The average Bonchev–Trinajstić information content (AvgIpc) is 3.42. The minimum absolute atomic E-state index is 0.0848. The van der Waals surface area contributed by atoms with Crippen molar-refractivity contribution in [2.75, 3.05) is 19.7 Å². The van der Waals surface area contributed by atoms with Crippen LogP contribution in [-0.2, 0) is 17.6 Å². The van der Waals surface area contributed by atoms with Crippen molar-refractivity contribution in [3.8, 4) is 11.4 Å². The third-order valence-corrected chi connectivity index (χ3v) is 6.39. The van der Waals surface area contributed by atoms with Crippen molar-refractivity contribution in [1.82, 2.24) is 20.0 Å². The van der Waals surface area contributed by atoms with Gasteiger partial charge >= 0.3 is 0 Å². The number of aromatic nitrogens is 3. The van der Waals surface area contributed by atoms with Gasteiger partial charge in [-0.3, -0.25) is 9.78 Å². The molecule has 1 aliphatic carbocycles. The van der Waals surface area contributed by atoms with Crippen molar-refractivity contribution >= 4 is 17.2 Å². The van der Waals surface area contributed by atoms with E-state index >= 15 is 0 Å². The van der Waals surface area contributed by atoms with Gasteiger partial charge in [0.25, 0.3) is 11.8 Å². The van der Waals surface area contributed by atoms with Crippen LogP contribution in [0.25, 0.3) is 11.4 Å². The number of ether oxygens (including phenoxy) is 1. The standard InChI is InChI=1S/C20H20N4O3S/c25-20(15-12-28-17-4-2-1-3-14(15)17)24-9-10-26-16(11-24)19-22-18(23-27-19)13-5-7-21-8-6-13/h5-8,12,16H,1-4,9-11H2/t16-/m0/s1. The van der Waals surface area contributed by atoms with E-state index in [9.17, 15) is 4.79 Å². The second-order valence-electron chi connectivity index (χ2n) is 7.06. The van der Waals surface area contributed by atoms with Crippen molar-refractivity contribution in [2.24, 2.45) is 0 Å². The molecule has 1 amide bonds. The zero-order valence-electron chi connectivity index (χ0n) is 15.3. The maximum atomic E-state index is 13.1. The minimum atomic E-state index is -0.407. The number of thiophene rings is 1. The number of pyridine rings is 1. The lowest BCUT2D eigenvalue weighted by Gasteiger charge is -2.31. The van der Waals surface area contributed by atoms with Crippen LogP contribution < -0.4 is 0 Å². The lowest BCUT2D eigenvalue weighted by Crippen LogP contribution is -2.42. The normalized spacial score (nSPS) is 19.4. The molecule has 0 unspecified atom stereocenters. The van der Waals surface area contributed by atoms with Crippen LogP contribution >= 0.6 is 11.3 Å².